The number of halogens is 4. The van der Waals surface area contributed by atoms with E-state index in [0.29, 0.717) is 11.3 Å². The minimum absolute atomic E-state index is 0.653. The van der Waals surface area contributed by atoms with Crippen molar-refractivity contribution in [2.45, 2.75) is 13.1 Å². The van der Waals surface area contributed by atoms with Crippen LogP contribution in [0.15, 0.2) is 41.0 Å². The van der Waals surface area contributed by atoms with Crippen molar-refractivity contribution < 1.29 is 13.2 Å². The highest BCUT2D eigenvalue weighted by Crippen LogP contribution is 2.31. The van der Waals surface area contributed by atoms with Crippen LogP contribution in [0.5, 0.6) is 0 Å². The quantitative estimate of drug-likeness (QED) is 0.734. The third-order valence-corrected chi connectivity index (χ3v) is 3.39. The number of benzene rings is 1. The van der Waals surface area contributed by atoms with Gasteiger partial charge in [-0.3, -0.25) is 4.98 Å². The molecule has 0 fully saturated rings. The monoisotopic (exact) mass is 315 g/mol. The summed E-state index contributed by atoms with van der Waals surface area (Å²) in [7, 11) is 0. The van der Waals surface area contributed by atoms with Gasteiger partial charge in [-0.1, -0.05) is 12.1 Å². The molecule has 0 saturated carbocycles. The molecule has 1 heterocycles. The van der Waals surface area contributed by atoms with Gasteiger partial charge in [0.2, 0.25) is 0 Å². The lowest BCUT2D eigenvalue weighted by atomic mass is 10.1. The zero-order valence-corrected chi connectivity index (χ0v) is 11.0. The van der Waals surface area contributed by atoms with Crippen molar-refractivity contribution in [1.29, 1.82) is 0 Å². The highest BCUT2D eigenvalue weighted by molar-refractivity contribution is 9.10. The van der Waals surface area contributed by atoms with E-state index < -0.39 is 11.7 Å². The van der Waals surface area contributed by atoms with Crippen molar-refractivity contribution in [1.82, 2.24) is 4.98 Å². The topological polar surface area (TPSA) is 12.9 Å². The molecule has 1 aromatic carbocycles. The molecule has 1 nitrogen and oxygen atoms in total. The van der Waals surface area contributed by atoms with E-state index in [9.17, 15) is 13.2 Å². The minimum atomic E-state index is -4.30. The van der Waals surface area contributed by atoms with Gasteiger partial charge in [0.05, 0.1) is 11.3 Å². The Morgan fingerprint density at radius 1 is 1.11 bits per heavy atom. The third-order valence-electron chi connectivity index (χ3n) is 2.55. The second kappa shape index (κ2) is 4.72. The van der Waals surface area contributed by atoms with Gasteiger partial charge in [-0.25, -0.2) is 0 Å². The molecule has 0 aliphatic heterocycles. The van der Waals surface area contributed by atoms with Gasteiger partial charge in [0, 0.05) is 16.2 Å². The maximum Gasteiger partial charge on any atom is 0.416 e. The second-order valence-corrected chi connectivity index (χ2v) is 4.75. The molecule has 2 aromatic rings. The first-order valence-electron chi connectivity index (χ1n) is 5.18. The average molecular weight is 316 g/mol. The molecule has 5 heteroatoms. The molecule has 94 valence electrons. The summed E-state index contributed by atoms with van der Waals surface area (Å²) in [6.45, 7) is 1.90. The highest BCUT2D eigenvalue weighted by Gasteiger charge is 2.29. The molecule has 0 bridgehead atoms. The molecule has 0 aliphatic carbocycles. The SMILES string of the molecule is Cc1cc(-c2ccc(C(F)(F)F)cc2)ncc1Br. The van der Waals surface area contributed by atoms with Crippen LogP contribution in [0.3, 0.4) is 0 Å². The van der Waals surface area contributed by atoms with Crippen LogP contribution in [0.25, 0.3) is 11.3 Å². The normalized spacial score (nSPS) is 11.6. The van der Waals surface area contributed by atoms with Crippen molar-refractivity contribution in [2.75, 3.05) is 0 Å². The van der Waals surface area contributed by atoms with Gasteiger partial charge >= 0.3 is 6.18 Å². The van der Waals surface area contributed by atoms with Crippen LogP contribution < -0.4 is 0 Å². The van der Waals surface area contributed by atoms with Gasteiger partial charge in [-0.05, 0) is 46.6 Å². The predicted octanol–water partition coefficient (Wildman–Crippen LogP) is 4.84. The summed E-state index contributed by atoms with van der Waals surface area (Å²) in [6, 6.07) is 6.81. The Bertz CT molecular complexity index is 561. The van der Waals surface area contributed by atoms with Crippen molar-refractivity contribution in [2.24, 2.45) is 0 Å². The number of pyridine rings is 1. The third kappa shape index (κ3) is 2.72. The maximum absolute atomic E-state index is 12.4. The Kier molecular flexibility index (Phi) is 3.43. The van der Waals surface area contributed by atoms with Crippen LogP contribution in [-0.2, 0) is 6.18 Å². The van der Waals surface area contributed by atoms with Crippen LogP contribution in [0.4, 0.5) is 13.2 Å². The van der Waals surface area contributed by atoms with Crippen LogP contribution in [0.2, 0.25) is 0 Å². The number of aryl methyl sites for hydroxylation is 1. The fraction of sp³-hybridized carbons (Fsp3) is 0.154. The first-order valence-corrected chi connectivity index (χ1v) is 5.97. The summed E-state index contributed by atoms with van der Waals surface area (Å²) in [5, 5.41) is 0. The molecule has 0 radical (unpaired) electrons. The zero-order valence-electron chi connectivity index (χ0n) is 9.42. The Balaban J connectivity index is 2.37. The van der Waals surface area contributed by atoms with Gasteiger partial charge < -0.3 is 0 Å². The second-order valence-electron chi connectivity index (χ2n) is 3.89. The zero-order chi connectivity index (χ0) is 13.3. The van der Waals surface area contributed by atoms with E-state index in [1.165, 1.54) is 12.1 Å². The molecule has 0 N–H and O–H groups in total. The van der Waals surface area contributed by atoms with Crippen LogP contribution in [-0.4, -0.2) is 4.98 Å². The Morgan fingerprint density at radius 2 is 1.72 bits per heavy atom. The van der Waals surface area contributed by atoms with Gasteiger partial charge in [0.15, 0.2) is 0 Å². The van der Waals surface area contributed by atoms with E-state index in [1.807, 2.05) is 13.0 Å². The minimum Gasteiger partial charge on any atom is -0.255 e. The van der Waals surface area contributed by atoms with Gasteiger partial charge in [0.1, 0.15) is 0 Å². The van der Waals surface area contributed by atoms with E-state index in [0.717, 1.165) is 22.2 Å². The number of hydrogen-bond donors (Lipinski definition) is 0. The summed E-state index contributed by atoms with van der Waals surface area (Å²) in [5.41, 5.74) is 1.66. The number of aromatic nitrogens is 1. The summed E-state index contributed by atoms with van der Waals surface area (Å²) in [6.07, 6.45) is -2.66. The van der Waals surface area contributed by atoms with Crippen LogP contribution >= 0.6 is 15.9 Å². The summed E-state index contributed by atoms with van der Waals surface area (Å²) >= 11 is 3.33. The predicted molar refractivity (Wildman–Crippen MR) is 67.1 cm³/mol. The standard InChI is InChI=1S/C13H9BrF3N/c1-8-6-12(18-7-11(8)14)9-2-4-10(5-3-9)13(15,16)17/h2-7H,1H3. The first-order chi connectivity index (χ1) is 8.38. The van der Waals surface area contributed by atoms with Crippen molar-refractivity contribution >= 4 is 15.9 Å². The molecule has 0 unspecified atom stereocenters. The lowest BCUT2D eigenvalue weighted by Gasteiger charge is -2.08. The molecule has 18 heavy (non-hydrogen) atoms. The van der Waals surface area contributed by atoms with E-state index >= 15 is 0 Å². The van der Waals surface area contributed by atoms with Crippen LogP contribution in [0, 0.1) is 6.92 Å². The molecule has 0 atom stereocenters. The largest absolute Gasteiger partial charge is 0.416 e. The summed E-state index contributed by atoms with van der Waals surface area (Å²) in [4.78, 5) is 4.17. The van der Waals surface area contributed by atoms with Crippen molar-refractivity contribution in [3.8, 4) is 11.3 Å². The lowest BCUT2D eigenvalue weighted by Crippen LogP contribution is -2.04. The smallest absolute Gasteiger partial charge is 0.255 e. The number of rotatable bonds is 1. The fourth-order valence-electron chi connectivity index (χ4n) is 1.53. The molecule has 0 saturated heterocycles. The molecular weight excluding hydrogens is 307 g/mol. The van der Waals surface area contributed by atoms with Crippen molar-refractivity contribution in [3.05, 3.63) is 52.1 Å². The van der Waals surface area contributed by atoms with E-state index in [4.69, 9.17) is 0 Å². The van der Waals surface area contributed by atoms with E-state index in [2.05, 4.69) is 20.9 Å². The molecule has 1 aromatic heterocycles. The van der Waals surface area contributed by atoms with Gasteiger partial charge in [0.25, 0.3) is 0 Å². The molecular formula is C13H9BrF3N. The van der Waals surface area contributed by atoms with E-state index in [1.54, 1.807) is 6.20 Å². The summed E-state index contributed by atoms with van der Waals surface area (Å²) < 4.78 is 38.1. The molecule has 2 rings (SSSR count). The Hall–Kier alpha value is -1.36. The summed E-state index contributed by atoms with van der Waals surface area (Å²) in [5.74, 6) is 0. The lowest BCUT2D eigenvalue weighted by molar-refractivity contribution is -0.137. The first kappa shape index (κ1) is 13.1. The van der Waals surface area contributed by atoms with Crippen LogP contribution in [0.1, 0.15) is 11.1 Å². The number of nitrogens with zero attached hydrogens (tertiary/aromatic N) is 1. The van der Waals surface area contributed by atoms with Gasteiger partial charge in [-0.2, -0.15) is 13.2 Å². The molecule has 0 aliphatic rings. The Morgan fingerprint density at radius 3 is 2.22 bits per heavy atom. The van der Waals surface area contributed by atoms with Crippen molar-refractivity contribution in [3.63, 3.8) is 0 Å². The molecule has 0 spiro atoms. The number of hydrogen-bond acceptors (Lipinski definition) is 1. The highest BCUT2D eigenvalue weighted by atomic mass is 79.9. The van der Waals surface area contributed by atoms with E-state index in [-0.39, 0.29) is 0 Å². The average Bonchev–Trinajstić information content (AvgIpc) is 2.32. The molecule has 0 amide bonds. The Labute approximate surface area is 111 Å². The van der Waals surface area contributed by atoms with Gasteiger partial charge in [-0.15, -0.1) is 0 Å². The fourth-order valence-corrected chi connectivity index (χ4v) is 1.74. The number of alkyl halides is 3. The maximum atomic E-state index is 12.4.